The SMILES string of the molecule is CN(CC(=O)NCCc1nc2ccccc2n1C)[C@@H]1CCS(=O)(=O)C1. The van der Waals surface area contributed by atoms with E-state index in [2.05, 4.69) is 10.3 Å². The standard InChI is InChI=1S/C17H24N4O3S/c1-20(13-8-10-25(23,24)12-13)11-17(22)18-9-7-16-19-14-5-3-4-6-15(14)21(16)2/h3-6,13H,7-12H2,1-2H3,(H,18,22)/t13-/m1/s1. The molecule has 0 aliphatic carbocycles. The summed E-state index contributed by atoms with van der Waals surface area (Å²) < 4.78 is 25.1. The number of hydrogen-bond acceptors (Lipinski definition) is 5. The fourth-order valence-electron chi connectivity index (χ4n) is 3.27. The lowest BCUT2D eigenvalue weighted by Crippen LogP contribution is -2.41. The lowest BCUT2D eigenvalue weighted by molar-refractivity contribution is -0.122. The predicted molar refractivity (Wildman–Crippen MR) is 97.1 cm³/mol. The van der Waals surface area contributed by atoms with Crippen molar-refractivity contribution in [2.75, 3.05) is 31.6 Å². The molecule has 7 nitrogen and oxygen atoms in total. The van der Waals surface area contributed by atoms with Crippen LogP contribution in [0.4, 0.5) is 0 Å². The molecule has 1 N–H and O–H groups in total. The van der Waals surface area contributed by atoms with Crippen LogP contribution in [0.3, 0.4) is 0 Å². The number of amides is 1. The van der Waals surface area contributed by atoms with Gasteiger partial charge in [0.2, 0.25) is 5.91 Å². The zero-order valence-electron chi connectivity index (χ0n) is 14.6. The number of imidazole rings is 1. The van der Waals surface area contributed by atoms with E-state index in [0.717, 1.165) is 16.9 Å². The Hall–Kier alpha value is -1.93. The van der Waals surface area contributed by atoms with Crippen molar-refractivity contribution >= 4 is 26.8 Å². The average Bonchev–Trinajstić information content (AvgIpc) is 3.08. The highest BCUT2D eigenvalue weighted by Crippen LogP contribution is 2.16. The van der Waals surface area contributed by atoms with Crippen LogP contribution < -0.4 is 5.32 Å². The van der Waals surface area contributed by atoms with Crippen molar-refractivity contribution in [2.24, 2.45) is 7.05 Å². The van der Waals surface area contributed by atoms with E-state index in [0.29, 0.717) is 19.4 Å². The van der Waals surface area contributed by atoms with E-state index in [1.165, 1.54) is 0 Å². The number of sulfone groups is 1. The maximum Gasteiger partial charge on any atom is 0.234 e. The van der Waals surface area contributed by atoms with Crippen molar-refractivity contribution in [1.82, 2.24) is 19.8 Å². The first-order valence-corrected chi connectivity index (χ1v) is 10.3. The molecule has 1 fully saturated rings. The number of nitrogens with one attached hydrogen (secondary N) is 1. The van der Waals surface area contributed by atoms with Gasteiger partial charge in [0.25, 0.3) is 0 Å². The fourth-order valence-corrected chi connectivity index (χ4v) is 5.07. The molecule has 1 aromatic carbocycles. The van der Waals surface area contributed by atoms with Gasteiger partial charge in [0.1, 0.15) is 5.82 Å². The lowest BCUT2D eigenvalue weighted by atomic mass is 10.2. The van der Waals surface area contributed by atoms with Crippen LogP contribution in [0, 0.1) is 0 Å². The minimum absolute atomic E-state index is 0.0596. The molecule has 0 radical (unpaired) electrons. The summed E-state index contributed by atoms with van der Waals surface area (Å²) in [7, 11) is 0.844. The molecule has 25 heavy (non-hydrogen) atoms. The summed E-state index contributed by atoms with van der Waals surface area (Å²) >= 11 is 0. The summed E-state index contributed by atoms with van der Waals surface area (Å²) in [6, 6.07) is 7.88. The van der Waals surface area contributed by atoms with E-state index in [-0.39, 0.29) is 30.0 Å². The fraction of sp³-hybridized carbons (Fsp3) is 0.529. The number of fused-ring (bicyclic) bond motifs is 1. The Morgan fingerprint density at radius 2 is 2.16 bits per heavy atom. The van der Waals surface area contributed by atoms with Crippen molar-refractivity contribution in [3.05, 3.63) is 30.1 Å². The van der Waals surface area contributed by atoms with Crippen LogP contribution in [0.2, 0.25) is 0 Å². The van der Waals surface area contributed by atoms with E-state index in [9.17, 15) is 13.2 Å². The minimum atomic E-state index is -2.93. The van der Waals surface area contributed by atoms with Crippen molar-refractivity contribution in [3.63, 3.8) is 0 Å². The number of para-hydroxylation sites is 2. The number of carbonyl (C=O) groups is 1. The molecular formula is C17H24N4O3S. The van der Waals surface area contributed by atoms with Gasteiger partial charge in [-0.05, 0) is 25.6 Å². The number of carbonyl (C=O) groups excluding carboxylic acids is 1. The van der Waals surface area contributed by atoms with Crippen LogP contribution in [-0.4, -0.2) is 66.5 Å². The predicted octanol–water partition coefficient (Wildman–Crippen LogP) is 0.351. The van der Waals surface area contributed by atoms with Gasteiger partial charge >= 0.3 is 0 Å². The zero-order valence-corrected chi connectivity index (χ0v) is 15.4. The third kappa shape index (κ3) is 4.19. The summed E-state index contributed by atoms with van der Waals surface area (Å²) in [6.45, 7) is 0.718. The number of aryl methyl sites for hydroxylation is 1. The Kier molecular flexibility index (Phi) is 5.10. The molecule has 2 aromatic rings. The minimum Gasteiger partial charge on any atom is -0.355 e. The molecule has 136 valence electrons. The monoisotopic (exact) mass is 364 g/mol. The van der Waals surface area contributed by atoms with Crippen LogP contribution in [0.25, 0.3) is 11.0 Å². The maximum atomic E-state index is 12.1. The number of likely N-dealkylation sites (N-methyl/N-ethyl adjacent to an activating group) is 1. The molecule has 0 spiro atoms. The normalized spacial score (nSPS) is 19.6. The molecule has 1 amide bonds. The zero-order chi connectivity index (χ0) is 18.0. The van der Waals surface area contributed by atoms with Crippen LogP contribution >= 0.6 is 0 Å². The van der Waals surface area contributed by atoms with Gasteiger partial charge in [-0.25, -0.2) is 13.4 Å². The highest BCUT2D eigenvalue weighted by molar-refractivity contribution is 7.91. The van der Waals surface area contributed by atoms with E-state index >= 15 is 0 Å². The van der Waals surface area contributed by atoms with E-state index in [1.807, 2.05) is 40.8 Å². The quantitative estimate of drug-likeness (QED) is 0.800. The van der Waals surface area contributed by atoms with Crippen molar-refractivity contribution in [3.8, 4) is 0 Å². The molecule has 8 heteroatoms. The third-order valence-electron chi connectivity index (χ3n) is 4.78. The average molecular weight is 364 g/mol. The largest absolute Gasteiger partial charge is 0.355 e. The van der Waals surface area contributed by atoms with Gasteiger partial charge in [-0.2, -0.15) is 0 Å². The summed E-state index contributed by atoms with van der Waals surface area (Å²) in [6.07, 6.45) is 1.25. The topological polar surface area (TPSA) is 84.3 Å². The van der Waals surface area contributed by atoms with Gasteiger partial charge in [0.05, 0.1) is 29.1 Å². The van der Waals surface area contributed by atoms with Gasteiger partial charge in [0.15, 0.2) is 9.84 Å². The first-order chi connectivity index (χ1) is 11.9. The number of aromatic nitrogens is 2. The molecule has 3 rings (SSSR count). The molecule has 1 atom stereocenters. The Balaban J connectivity index is 1.48. The Labute approximate surface area is 147 Å². The van der Waals surface area contributed by atoms with Gasteiger partial charge in [-0.15, -0.1) is 0 Å². The molecule has 0 bridgehead atoms. The van der Waals surface area contributed by atoms with Gasteiger partial charge in [-0.3, -0.25) is 9.69 Å². The van der Waals surface area contributed by atoms with Crippen molar-refractivity contribution < 1.29 is 13.2 Å². The second-order valence-corrected chi connectivity index (χ2v) is 8.88. The van der Waals surface area contributed by atoms with Crippen LogP contribution in [0.15, 0.2) is 24.3 Å². The first kappa shape index (κ1) is 17.9. The van der Waals surface area contributed by atoms with Crippen molar-refractivity contribution in [1.29, 1.82) is 0 Å². The highest BCUT2D eigenvalue weighted by atomic mass is 32.2. The Bertz CT molecular complexity index is 875. The summed E-state index contributed by atoms with van der Waals surface area (Å²) in [5.41, 5.74) is 2.03. The van der Waals surface area contributed by atoms with Crippen molar-refractivity contribution in [2.45, 2.75) is 18.9 Å². The highest BCUT2D eigenvalue weighted by Gasteiger charge is 2.31. The molecule has 0 saturated carbocycles. The summed E-state index contributed by atoms with van der Waals surface area (Å²) in [4.78, 5) is 18.5. The summed E-state index contributed by atoms with van der Waals surface area (Å²) in [5, 5.41) is 2.89. The van der Waals surface area contributed by atoms with Crippen LogP contribution in [-0.2, 0) is 28.1 Å². The summed E-state index contributed by atoms with van der Waals surface area (Å²) in [5.74, 6) is 1.20. The first-order valence-electron chi connectivity index (χ1n) is 8.43. The van der Waals surface area contributed by atoms with Crippen LogP contribution in [0.5, 0.6) is 0 Å². The Morgan fingerprint density at radius 3 is 2.84 bits per heavy atom. The molecule has 2 heterocycles. The molecule has 0 unspecified atom stereocenters. The number of nitrogens with zero attached hydrogens (tertiary/aromatic N) is 3. The molecular weight excluding hydrogens is 340 g/mol. The van der Waals surface area contributed by atoms with E-state index < -0.39 is 9.84 Å². The van der Waals surface area contributed by atoms with Gasteiger partial charge in [0, 0.05) is 26.1 Å². The Morgan fingerprint density at radius 1 is 1.40 bits per heavy atom. The van der Waals surface area contributed by atoms with E-state index in [1.54, 1.807) is 7.05 Å². The smallest absolute Gasteiger partial charge is 0.234 e. The third-order valence-corrected chi connectivity index (χ3v) is 6.53. The van der Waals surface area contributed by atoms with E-state index in [4.69, 9.17) is 0 Å². The second kappa shape index (κ2) is 7.13. The number of hydrogen-bond donors (Lipinski definition) is 1. The second-order valence-electron chi connectivity index (χ2n) is 6.65. The number of benzene rings is 1. The maximum absolute atomic E-state index is 12.1. The molecule has 1 aromatic heterocycles. The molecule has 1 aliphatic rings. The van der Waals surface area contributed by atoms with Gasteiger partial charge < -0.3 is 9.88 Å². The molecule has 1 aliphatic heterocycles. The number of rotatable bonds is 6. The van der Waals surface area contributed by atoms with Gasteiger partial charge in [-0.1, -0.05) is 12.1 Å². The molecule has 1 saturated heterocycles. The lowest BCUT2D eigenvalue weighted by Gasteiger charge is -2.22. The van der Waals surface area contributed by atoms with Crippen LogP contribution in [0.1, 0.15) is 12.2 Å².